The molecule has 1 amide bonds. The Bertz CT molecular complexity index is 932. The maximum Gasteiger partial charge on any atom is 0.254 e. The molecule has 1 aliphatic rings. The second-order valence-corrected chi connectivity index (χ2v) is 8.65. The third-order valence-electron chi connectivity index (χ3n) is 4.83. The number of nitrogens with zero attached hydrogens (tertiary/aromatic N) is 2. The molecule has 2 aromatic carbocycles. The highest BCUT2D eigenvalue weighted by atomic mass is 79.9. The molecule has 5 heteroatoms. The van der Waals surface area contributed by atoms with E-state index >= 15 is 0 Å². The van der Waals surface area contributed by atoms with Crippen LogP contribution in [-0.2, 0) is 11.2 Å². The normalized spacial score (nSPS) is 13.5. The van der Waals surface area contributed by atoms with E-state index < -0.39 is 0 Å². The van der Waals surface area contributed by atoms with Crippen LogP contribution in [-0.4, -0.2) is 49.9 Å². The molecule has 0 heterocycles. The number of carbonyl (C=O) groups excluding carboxylic acids is 1. The molecule has 0 atom stereocenters. The van der Waals surface area contributed by atoms with E-state index in [1.807, 2.05) is 68.5 Å². The molecule has 0 N–H and O–H groups in total. The van der Waals surface area contributed by atoms with Crippen molar-refractivity contribution in [3.8, 4) is 0 Å². The molecule has 146 valence electrons. The molecule has 0 unspecified atom stereocenters. The van der Waals surface area contributed by atoms with Gasteiger partial charge < -0.3 is 9.80 Å². The molecule has 0 radical (unpaired) electrons. The zero-order valence-electron chi connectivity index (χ0n) is 16.4. The third-order valence-corrected chi connectivity index (χ3v) is 5.57. The summed E-state index contributed by atoms with van der Waals surface area (Å²) in [5, 5.41) is 0.716. The molecule has 0 saturated heterocycles. The lowest BCUT2D eigenvalue weighted by Gasteiger charge is -2.21. The first-order valence-electron chi connectivity index (χ1n) is 9.21. The van der Waals surface area contributed by atoms with Gasteiger partial charge in [0.05, 0.1) is 5.57 Å². The van der Waals surface area contributed by atoms with Crippen LogP contribution in [0.25, 0.3) is 11.6 Å². The standard InChI is InChI=1S/C23H24BrClN2O/c1-26(2)12-13-27(3)23(28)22-17(7-4-16-5-9-20(25)10-6-16)14-18-15-19(24)8-11-21(18)22/h4-11,15H,12-14H2,1-3H3/b7-4+. The van der Waals surface area contributed by atoms with Crippen LogP contribution in [0.4, 0.5) is 0 Å². The summed E-state index contributed by atoms with van der Waals surface area (Å²) in [5.74, 6) is 0.0682. The fourth-order valence-electron chi connectivity index (χ4n) is 3.23. The van der Waals surface area contributed by atoms with Gasteiger partial charge in [-0.05, 0) is 67.0 Å². The minimum Gasteiger partial charge on any atom is -0.340 e. The minimum absolute atomic E-state index is 0.0682. The molecule has 28 heavy (non-hydrogen) atoms. The van der Waals surface area contributed by atoms with Crippen molar-refractivity contribution < 1.29 is 4.79 Å². The maximum absolute atomic E-state index is 13.3. The summed E-state index contributed by atoms with van der Waals surface area (Å²) in [4.78, 5) is 17.1. The molecule has 0 spiro atoms. The summed E-state index contributed by atoms with van der Waals surface area (Å²) in [5.41, 5.74) is 5.11. The second-order valence-electron chi connectivity index (χ2n) is 7.29. The van der Waals surface area contributed by atoms with E-state index in [1.54, 1.807) is 0 Å². The van der Waals surface area contributed by atoms with E-state index in [9.17, 15) is 4.79 Å². The van der Waals surface area contributed by atoms with Crippen LogP contribution in [0, 0.1) is 0 Å². The minimum atomic E-state index is 0.0682. The Balaban J connectivity index is 1.93. The number of likely N-dealkylation sites (N-methyl/N-ethyl adjacent to an activating group) is 2. The second kappa shape index (κ2) is 9.08. The molecule has 2 aromatic rings. The predicted molar refractivity (Wildman–Crippen MR) is 121 cm³/mol. The fourth-order valence-corrected chi connectivity index (χ4v) is 3.76. The highest BCUT2D eigenvalue weighted by Gasteiger charge is 2.27. The number of benzene rings is 2. The molecule has 0 saturated carbocycles. The zero-order valence-corrected chi connectivity index (χ0v) is 18.7. The number of halogens is 2. The average Bonchev–Trinajstić information content (AvgIpc) is 3.02. The summed E-state index contributed by atoms with van der Waals surface area (Å²) in [6.45, 7) is 1.52. The number of fused-ring (bicyclic) bond motifs is 1. The van der Waals surface area contributed by atoms with Crippen LogP contribution in [0.3, 0.4) is 0 Å². The molecule has 0 aliphatic heterocycles. The predicted octanol–water partition coefficient (Wildman–Crippen LogP) is 5.15. The van der Waals surface area contributed by atoms with Crippen molar-refractivity contribution in [1.82, 2.24) is 9.80 Å². The van der Waals surface area contributed by atoms with Gasteiger partial charge in [0, 0.05) is 29.6 Å². The van der Waals surface area contributed by atoms with Crippen molar-refractivity contribution in [2.24, 2.45) is 0 Å². The average molecular weight is 460 g/mol. The molecule has 0 bridgehead atoms. The van der Waals surface area contributed by atoms with Crippen LogP contribution in [0.5, 0.6) is 0 Å². The van der Waals surface area contributed by atoms with Crippen LogP contribution in [0.2, 0.25) is 5.02 Å². The monoisotopic (exact) mass is 458 g/mol. The van der Waals surface area contributed by atoms with Gasteiger partial charge in [-0.3, -0.25) is 4.79 Å². The SMILES string of the molecule is CN(C)CCN(C)C(=O)C1=C(/C=C/c2ccc(Cl)cc2)Cc2cc(Br)ccc21. The van der Waals surface area contributed by atoms with Crippen molar-refractivity contribution >= 4 is 45.1 Å². The van der Waals surface area contributed by atoms with Crippen molar-refractivity contribution in [2.45, 2.75) is 6.42 Å². The van der Waals surface area contributed by atoms with Gasteiger partial charge >= 0.3 is 0 Å². The Morgan fingerprint density at radius 2 is 1.79 bits per heavy atom. The van der Waals surface area contributed by atoms with Crippen LogP contribution >= 0.6 is 27.5 Å². The lowest BCUT2D eigenvalue weighted by atomic mass is 10.0. The quantitative estimate of drug-likeness (QED) is 0.597. The third kappa shape index (κ3) is 4.93. The number of rotatable bonds is 6. The molecule has 1 aliphatic carbocycles. The summed E-state index contributed by atoms with van der Waals surface area (Å²) < 4.78 is 1.03. The Hall–Kier alpha value is -1.88. The zero-order chi connectivity index (χ0) is 20.3. The van der Waals surface area contributed by atoms with Gasteiger partial charge in [-0.1, -0.05) is 57.9 Å². The van der Waals surface area contributed by atoms with E-state index in [0.717, 1.165) is 39.7 Å². The summed E-state index contributed by atoms with van der Waals surface area (Å²) in [6.07, 6.45) is 4.85. The molecule has 3 nitrogen and oxygen atoms in total. The van der Waals surface area contributed by atoms with Crippen molar-refractivity contribution in [1.29, 1.82) is 0 Å². The number of hydrogen-bond acceptors (Lipinski definition) is 2. The van der Waals surface area contributed by atoms with Gasteiger partial charge in [0.25, 0.3) is 5.91 Å². The maximum atomic E-state index is 13.3. The lowest BCUT2D eigenvalue weighted by molar-refractivity contribution is -0.123. The molecule has 3 rings (SSSR count). The highest BCUT2D eigenvalue weighted by molar-refractivity contribution is 9.10. The van der Waals surface area contributed by atoms with Gasteiger partial charge in [0.2, 0.25) is 0 Å². The number of carbonyl (C=O) groups is 1. The van der Waals surface area contributed by atoms with Gasteiger partial charge in [0.1, 0.15) is 0 Å². The van der Waals surface area contributed by atoms with E-state index in [0.29, 0.717) is 11.6 Å². The van der Waals surface area contributed by atoms with E-state index in [4.69, 9.17) is 11.6 Å². The number of allylic oxidation sites excluding steroid dienone is 2. The van der Waals surface area contributed by atoms with E-state index in [1.165, 1.54) is 5.56 Å². The largest absolute Gasteiger partial charge is 0.340 e. The first kappa shape index (κ1) is 20.8. The molecular formula is C23H24BrClN2O. The van der Waals surface area contributed by atoms with E-state index in [-0.39, 0.29) is 5.91 Å². The summed E-state index contributed by atoms with van der Waals surface area (Å²) in [6, 6.07) is 13.8. The van der Waals surface area contributed by atoms with Crippen molar-refractivity contribution in [3.05, 3.63) is 80.3 Å². The number of amides is 1. The topological polar surface area (TPSA) is 23.6 Å². The molecular weight excluding hydrogens is 436 g/mol. The van der Waals surface area contributed by atoms with Gasteiger partial charge in [-0.15, -0.1) is 0 Å². The van der Waals surface area contributed by atoms with Gasteiger partial charge in [-0.2, -0.15) is 0 Å². The summed E-state index contributed by atoms with van der Waals surface area (Å²) >= 11 is 9.52. The van der Waals surface area contributed by atoms with E-state index in [2.05, 4.69) is 33.0 Å². The van der Waals surface area contributed by atoms with Crippen molar-refractivity contribution in [3.63, 3.8) is 0 Å². The molecule has 0 aromatic heterocycles. The van der Waals surface area contributed by atoms with Gasteiger partial charge in [0.15, 0.2) is 0 Å². The first-order chi connectivity index (χ1) is 13.3. The van der Waals surface area contributed by atoms with Crippen LogP contribution in [0.1, 0.15) is 16.7 Å². The number of hydrogen-bond donors (Lipinski definition) is 0. The summed E-state index contributed by atoms with van der Waals surface area (Å²) in [7, 11) is 5.90. The Labute approximate surface area is 180 Å². The Kier molecular flexibility index (Phi) is 6.76. The highest BCUT2D eigenvalue weighted by Crippen LogP contribution is 2.36. The van der Waals surface area contributed by atoms with Gasteiger partial charge in [-0.25, -0.2) is 0 Å². The lowest BCUT2D eigenvalue weighted by Crippen LogP contribution is -2.34. The Morgan fingerprint density at radius 1 is 1.07 bits per heavy atom. The first-order valence-corrected chi connectivity index (χ1v) is 10.4. The molecule has 0 fully saturated rings. The van der Waals surface area contributed by atoms with Crippen LogP contribution < -0.4 is 0 Å². The Morgan fingerprint density at radius 3 is 2.46 bits per heavy atom. The smallest absolute Gasteiger partial charge is 0.254 e. The van der Waals surface area contributed by atoms with Crippen molar-refractivity contribution in [2.75, 3.05) is 34.2 Å². The fraction of sp³-hybridized carbons (Fsp3) is 0.261. The van der Waals surface area contributed by atoms with Crippen LogP contribution in [0.15, 0.2) is 58.6 Å².